The van der Waals surface area contributed by atoms with E-state index in [0.717, 1.165) is 6.26 Å². The van der Waals surface area contributed by atoms with Gasteiger partial charge in [0.1, 0.15) is 5.75 Å². The highest BCUT2D eigenvalue weighted by molar-refractivity contribution is 7.86. The average Bonchev–Trinajstić information content (AvgIpc) is 2.65. The normalized spacial score (nSPS) is 11.1. The zero-order valence-corrected chi connectivity index (χ0v) is 17.9. The van der Waals surface area contributed by atoms with Crippen molar-refractivity contribution in [1.82, 2.24) is 4.90 Å². The number of hydrogen-bond acceptors (Lipinski definition) is 6. The highest BCUT2D eigenvalue weighted by Crippen LogP contribution is 2.30. The van der Waals surface area contributed by atoms with Gasteiger partial charge in [0, 0.05) is 12.6 Å². The lowest BCUT2D eigenvalue weighted by Gasteiger charge is -2.27. The Bertz CT molecular complexity index is 959. The Balaban J connectivity index is 2.26. The molecule has 0 saturated carbocycles. The fraction of sp³-hybridized carbons (Fsp3) is 0.350. The smallest absolute Gasteiger partial charge is 0.322 e. The van der Waals surface area contributed by atoms with Crippen LogP contribution in [0.1, 0.15) is 19.4 Å². The van der Waals surface area contributed by atoms with E-state index >= 15 is 0 Å². The molecule has 1 N–H and O–H groups in total. The molecule has 29 heavy (non-hydrogen) atoms. The maximum atomic E-state index is 12.9. The lowest BCUT2D eigenvalue weighted by molar-refractivity contribution is 0.193. The first kappa shape index (κ1) is 22.4. The maximum absolute atomic E-state index is 12.9. The van der Waals surface area contributed by atoms with Crippen molar-refractivity contribution in [2.45, 2.75) is 26.4 Å². The Labute approximate surface area is 171 Å². The minimum Gasteiger partial charge on any atom is -0.495 e. The molecule has 0 aliphatic carbocycles. The van der Waals surface area contributed by atoms with Crippen LogP contribution in [0.4, 0.5) is 10.5 Å². The van der Waals surface area contributed by atoms with Crippen LogP contribution in [0.5, 0.6) is 17.2 Å². The number of amides is 2. The van der Waals surface area contributed by atoms with Gasteiger partial charge in [0.25, 0.3) is 0 Å². The number of benzene rings is 2. The van der Waals surface area contributed by atoms with E-state index in [1.165, 1.54) is 14.2 Å². The van der Waals surface area contributed by atoms with Gasteiger partial charge in [0.15, 0.2) is 11.5 Å². The van der Waals surface area contributed by atoms with Crippen LogP contribution in [0.15, 0.2) is 42.5 Å². The van der Waals surface area contributed by atoms with Crippen molar-refractivity contribution in [3.63, 3.8) is 0 Å². The van der Waals surface area contributed by atoms with Gasteiger partial charge in [-0.2, -0.15) is 8.42 Å². The van der Waals surface area contributed by atoms with E-state index in [1.807, 2.05) is 19.9 Å². The summed E-state index contributed by atoms with van der Waals surface area (Å²) in [7, 11) is -0.767. The first-order valence-electron chi connectivity index (χ1n) is 8.91. The Kier molecular flexibility index (Phi) is 7.33. The molecule has 0 aliphatic heterocycles. The Morgan fingerprint density at radius 1 is 1.03 bits per heavy atom. The molecule has 0 aliphatic rings. The van der Waals surface area contributed by atoms with Gasteiger partial charge in [0.2, 0.25) is 0 Å². The average molecular weight is 423 g/mol. The van der Waals surface area contributed by atoms with E-state index in [1.54, 1.807) is 41.3 Å². The molecule has 2 amide bonds. The SMILES string of the molecule is COc1ccccc1NC(=O)N(Cc1ccc(OC)c(OS(C)(=O)=O)c1)C(C)C. The molecule has 0 unspecified atom stereocenters. The van der Waals surface area contributed by atoms with Crippen LogP contribution in [0.25, 0.3) is 0 Å². The summed E-state index contributed by atoms with van der Waals surface area (Å²) in [6.07, 6.45) is 0.959. The number of urea groups is 1. The third-order valence-electron chi connectivity index (χ3n) is 4.05. The first-order chi connectivity index (χ1) is 13.6. The van der Waals surface area contributed by atoms with Crippen molar-refractivity contribution < 1.29 is 26.9 Å². The number of para-hydroxylation sites is 2. The molecule has 8 nitrogen and oxygen atoms in total. The van der Waals surface area contributed by atoms with Gasteiger partial charge >= 0.3 is 16.1 Å². The molecule has 0 atom stereocenters. The van der Waals surface area contributed by atoms with E-state index in [0.29, 0.717) is 17.0 Å². The summed E-state index contributed by atoms with van der Waals surface area (Å²) in [5, 5.41) is 2.85. The van der Waals surface area contributed by atoms with Crippen molar-refractivity contribution in [3.05, 3.63) is 48.0 Å². The van der Waals surface area contributed by atoms with Crippen molar-refractivity contribution in [2.24, 2.45) is 0 Å². The van der Waals surface area contributed by atoms with Crippen molar-refractivity contribution in [2.75, 3.05) is 25.8 Å². The number of hydrogen-bond donors (Lipinski definition) is 1. The summed E-state index contributed by atoms with van der Waals surface area (Å²) < 4.78 is 38.5. The Morgan fingerprint density at radius 2 is 1.69 bits per heavy atom. The van der Waals surface area contributed by atoms with Crippen LogP contribution in [-0.4, -0.2) is 45.9 Å². The van der Waals surface area contributed by atoms with Gasteiger partial charge in [-0.3, -0.25) is 0 Å². The number of methoxy groups -OCH3 is 2. The summed E-state index contributed by atoms with van der Waals surface area (Å²) in [6.45, 7) is 4.02. The van der Waals surface area contributed by atoms with E-state index in [2.05, 4.69) is 5.32 Å². The largest absolute Gasteiger partial charge is 0.495 e. The van der Waals surface area contributed by atoms with Crippen LogP contribution in [0, 0.1) is 0 Å². The van der Waals surface area contributed by atoms with E-state index in [4.69, 9.17) is 13.7 Å². The number of anilines is 1. The van der Waals surface area contributed by atoms with Gasteiger partial charge < -0.3 is 23.9 Å². The van der Waals surface area contributed by atoms with Crippen LogP contribution >= 0.6 is 0 Å². The van der Waals surface area contributed by atoms with Gasteiger partial charge in [-0.1, -0.05) is 18.2 Å². The quantitative estimate of drug-likeness (QED) is 0.655. The standard InChI is InChI=1S/C20H26N2O6S/c1-14(2)22(20(23)21-16-8-6-7-9-17(16)26-3)13-15-10-11-18(27-4)19(12-15)28-29(5,24)25/h6-12,14H,13H2,1-5H3,(H,21,23). The molecule has 0 spiro atoms. The second kappa shape index (κ2) is 9.51. The molecule has 2 rings (SSSR count). The van der Waals surface area contributed by atoms with E-state index in [9.17, 15) is 13.2 Å². The Hall–Kier alpha value is -2.94. The number of carbonyl (C=O) groups excluding carboxylic acids is 1. The van der Waals surface area contributed by atoms with Crippen LogP contribution in [0.2, 0.25) is 0 Å². The van der Waals surface area contributed by atoms with Crippen molar-refractivity contribution in [1.29, 1.82) is 0 Å². The lowest BCUT2D eigenvalue weighted by Crippen LogP contribution is -2.39. The Morgan fingerprint density at radius 3 is 2.28 bits per heavy atom. The molecule has 0 aromatic heterocycles. The second-order valence-corrected chi connectivity index (χ2v) is 8.20. The molecular weight excluding hydrogens is 396 g/mol. The lowest BCUT2D eigenvalue weighted by atomic mass is 10.1. The molecule has 9 heteroatoms. The third-order valence-corrected chi connectivity index (χ3v) is 4.54. The summed E-state index contributed by atoms with van der Waals surface area (Å²) in [5.41, 5.74) is 1.25. The minimum atomic E-state index is -3.72. The zero-order valence-electron chi connectivity index (χ0n) is 17.1. The zero-order chi connectivity index (χ0) is 21.6. The molecule has 158 valence electrons. The molecule has 0 radical (unpaired) electrons. The van der Waals surface area contributed by atoms with Crippen LogP contribution in [0.3, 0.4) is 0 Å². The van der Waals surface area contributed by atoms with E-state index < -0.39 is 10.1 Å². The predicted molar refractivity (Wildman–Crippen MR) is 111 cm³/mol. The van der Waals surface area contributed by atoms with Gasteiger partial charge in [0.05, 0.1) is 26.2 Å². The number of ether oxygens (including phenoxy) is 2. The molecule has 0 heterocycles. The third kappa shape index (κ3) is 6.28. The maximum Gasteiger partial charge on any atom is 0.322 e. The second-order valence-electron chi connectivity index (χ2n) is 6.62. The highest BCUT2D eigenvalue weighted by Gasteiger charge is 2.20. The molecular formula is C20H26N2O6S. The topological polar surface area (TPSA) is 94.2 Å². The molecule has 2 aromatic carbocycles. The number of carbonyl (C=O) groups is 1. The van der Waals surface area contributed by atoms with Crippen LogP contribution < -0.4 is 19.0 Å². The summed E-state index contributed by atoms with van der Waals surface area (Å²) in [6, 6.07) is 11.6. The first-order valence-corrected chi connectivity index (χ1v) is 10.7. The summed E-state index contributed by atoms with van der Waals surface area (Å²) >= 11 is 0. The van der Waals surface area contributed by atoms with Crippen molar-refractivity contribution >= 4 is 21.8 Å². The number of nitrogens with one attached hydrogen (secondary N) is 1. The predicted octanol–water partition coefficient (Wildman–Crippen LogP) is 3.48. The van der Waals surface area contributed by atoms with Gasteiger partial charge in [-0.25, -0.2) is 4.79 Å². The molecule has 0 bridgehead atoms. The number of nitrogens with zero attached hydrogens (tertiary/aromatic N) is 1. The van der Waals surface area contributed by atoms with Crippen LogP contribution in [-0.2, 0) is 16.7 Å². The molecule has 0 fully saturated rings. The summed E-state index contributed by atoms with van der Waals surface area (Å²) in [5.74, 6) is 0.910. The monoisotopic (exact) mass is 422 g/mol. The molecule has 2 aromatic rings. The van der Waals surface area contributed by atoms with Gasteiger partial charge in [-0.05, 0) is 43.7 Å². The fourth-order valence-electron chi connectivity index (χ4n) is 2.67. The minimum absolute atomic E-state index is 0.0707. The summed E-state index contributed by atoms with van der Waals surface area (Å²) in [4.78, 5) is 14.5. The number of rotatable bonds is 8. The highest BCUT2D eigenvalue weighted by atomic mass is 32.2. The van der Waals surface area contributed by atoms with E-state index in [-0.39, 0.29) is 30.1 Å². The molecule has 0 saturated heterocycles. The van der Waals surface area contributed by atoms with Crippen molar-refractivity contribution in [3.8, 4) is 17.2 Å². The fourth-order valence-corrected chi connectivity index (χ4v) is 3.12. The van der Waals surface area contributed by atoms with Gasteiger partial charge in [-0.15, -0.1) is 0 Å².